The first-order valence-electron chi connectivity index (χ1n) is 16.1. The Bertz CT molecular complexity index is 3030. The third-order valence-electron chi connectivity index (χ3n) is 9.81. The summed E-state index contributed by atoms with van der Waals surface area (Å²) in [5.74, 6) is 0. The highest BCUT2D eigenvalue weighted by molar-refractivity contribution is 7.26. The smallest absolute Gasteiger partial charge is 0.101 e. The monoisotopic (exact) mass is 640 g/mol. The quantitative estimate of drug-likeness (QED) is 0.193. The molecule has 0 fully saturated rings. The lowest BCUT2D eigenvalue weighted by atomic mass is 9.99. The Morgan fingerprint density at radius 1 is 0.408 bits per heavy atom. The van der Waals surface area contributed by atoms with E-state index in [2.05, 4.69) is 118 Å². The van der Waals surface area contributed by atoms with Crippen LogP contribution >= 0.6 is 11.3 Å². The first kappa shape index (κ1) is 27.5. The third-order valence-corrected chi connectivity index (χ3v) is 10.9. The Morgan fingerprint density at radius 3 is 1.49 bits per heavy atom. The summed E-state index contributed by atoms with van der Waals surface area (Å²) in [6, 6.07) is 55.1. The van der Waals surface area contributed by atoms with Crippen molar-refractivity contribution >= 4 is 75.1 Å². The maximum Gasteiger partial charge on any atom is 0.101 e. The molecule has 0 saturated heterocycles. The average molecular weight is 641 g/mol. The van der Waals surface area contributed by atoms with E-state index in [1.54, 1.807) is 0 Å². The van der Waals surface area contributed by atoms with Crippen LogP contribution < -0.4 is 0 Å². The Balaban J connectivity index is 1.15. The summed E-state index contributed by atoms with van der Waals surface area (Å²) in [7, 11) is 0. The molecule has 0 radical (unpaired) electrons. The van der Waals surface area contributed by atoms with E-state index in [9.17, 15) is 10.5 Å². The standard InChI is InChI=1S/C44H24N4S/c45-25-29-23-27(17-19-35(29)47-37-13-5-1-9-31(37)32-10-2-6-14-38(32)47)28-18-20-36(30(24-28)26-46)48-39-15-7-3-11-33(39)43-40(48)21-22-42-44(43)34-12-4-8-16-41(34)49-42/h1-24H. The van der Waals surface area contributed by atoms with Gasteiger partial charge in [0.2, 0.25) is 0 Å². The summed E-state index contributed by atoms with van der Waals surface area (Å²) in [5, 5.41) is 28.2. The number of thiophene rings is 1. The van der Waals surface area contributed by atoms with Crippen LogP contribution in [-0.4, -0.2) is 9.13 Å². The van der Waals surface area contributed by atoms with Crippen LogP contribution in [0.25, 0.3) is 86.3 Å². The molecule has 0 atom stereocenters. The molecular weight excluding hydrogens is 617 g/mol. The van der Waals surface area contributed by atoms with Crippen LogP contribution in [0.4, 0.5) is 0 Å². The molecule has 0 aliphatic carbocycles. The van der Waals surface area contributed by atoms with Gasteiger partial charge in [0.1, 0.15) is 12.1 Å². The number of para-hydroxylation sites is 3. The Kier molecular flexibility index (Phi) is 5.84. The van der Waals surface area contributed by atoms with Gasteiger partial charge in [0.15, 0.2) is 0 Å². The van der Waals surface area contributed by atoms with Crippen molar-refractivity contribution in [2.24, 2.45) is 0 Å². The number of fused-ring (bicyclic) bond motifs is 10. The van der Waals surface area contributed by atoms with Gasteiger partial charge >= 0.3 is 0 Å². The third kappa shape index (κ3) is 3.88. The molecule has 0 aliphatic rings. The molecule has 0 saturated carbocycles. The van der Waals surface area contributed by atoms with Gasteiger partial charge in [-0.1, -0.05) is 84.9 Å². The zero-order valence-corrected chi connectivity index (χ0v) is 26.9. The van der Waals surface area contributed by atoms with Gasteiger partial charge in [-0.2, -0.15) is 10.5 Å². The fourth-order valence-electron chi connectivity index (χ4n) is 7.72. The van der Waals surface area contributed by atoms with Crippen LogP contribution in [0.1, 0.15) is 11.1 Å². The van der Waals surface area contributed by atoms with Crippen molar-refractivity contribution in [3.05, 3.63) is 157 Å². The van der Waals surface area contributed by atoms with Gasteiger partial charge in [-0.15, -0.1) is 11.3 Å². The fraction of sp³-hybridized carbons (Fsp3) is 0. The number of nitriles is 2. The van der Waals surface area contributed by atoms with Gasteiger partial charge in [-0.05, 0) is 71.8 Å². The summed E-state index contributed by atoms with van der Waals surface area (Å²) >= 11 is 1.82. The molecule has 10 aromatic rings. The number of hydrogen-bond acceptors (Lipinski definition) is 3. The zero-order chi connectivity index (χ0) is 32.6. The predicted octanol–water partition coefficient (Wildman–Crippen LogP) is 11.7. The van der Waals surface area contributed by atoms with Crippen molar-refractivity contribution in [1.82, 2.24) is 9.13 Å². The maximum atomic E-state index is 10.6. The second kappa shape index (κ2) is 10.4. The normalized spacial score (nSPS) is 11.6. The van der Waals surface area contributed by atoms with Crippen LogP contribution in [0.5, 0.6) is 0 Å². The fourth-order valence-corrected chi connectivity index (χ4v) is 8.83. The Morgan fingerprint density at radius 2 is 0.898 bits per heavy atom. The van der Waals surface area contributed by atoms with E-state index in [1.165, 1.54) is 30.9 Å². The molecule has 226 valence electrons. The van der Waals surface area contributed by atoms with Crippen LogP contribution in [0.3, 0.4) is 0 Å². The minimum absolute atomic E-state index is 0.570. The van der Waals surface area contributed by atoms with E-state index in [1.807, 2.05) is 59.9 Å². The minimum atomic E-state index is 0.570. The Labute approximate surface area is 285 Å². The van der Waals surface area contributed by atoms with Crippen molar-refractivity contribution in [3.63, 3.8) is 0 Å². The minimum Gasteiger partial charge on any atom is -0.308 e. The highest BCUT2D eigenvalue weighted by Gasteiger charge is 2.20. The van der Waals surface area contributed by atoms with Gasteiger partial charge < -0.3 is 9.13 Å². The lowest BCUT2D eigenvalue weighted by molar-refractivity contribution is 1.16. The van der Waals surface area contributed by atoms with Crippen LogP contribution in [0, 0.1) is 22.7 Å². The van der Waals surface area contributed by atoms with Gasteiger partial charge in [0.05, 0.1) is 44.6 Å². The van der Waals surface area contributed by atoms with Crippen molar-refractivity contribution < 1.29 is 0 Å². The highest BCUT2D eigenvalue weighted by Crippen LogP contribution is 2.44. The van der Waals surface area contributed by atoms with Crippen molar-refractivity contribution in [3.8, 4) is 34.6 Å². The van der Waals surface area contributed by atoms with Crippen LogP contribution in [-0.2, 0) is 0 Å². The van der Waals surface area contributed by atoms with E-state index in [4.69, 9.17) is 0 Å². The molecular formula is C44H24N4S. The van der Waals surface area contributed by atoms with E-state index < -0.39 is 0 Å². The molecule has 0 N–H and O–H groups in total. The molecule has 10 rings (SSSR count). The number of hydrogen-bond donors (Lipinski definition) is 0. The molecule has 0 unspecified atom stereocenters. The Hall–Kier alpha value is -6.66. The molecule has 5 heteroatoms. The summed E-state index contributed by atoms with van der Waals surface area (Å²) in [5.41, 5.74) is 8.83. The van der Waals surface area contributed by atoms with Crippen molar-refractivity contribution in [1.29, 1.82) is 10.5 Å². The first-order valence-corrected chi connectivity index (χ1v) is 17.0. The average Bonchev–Trinajstić information content (AvgIpc) is 3.82. The number of rotatable bonds is 3. The molecule has 3 aromatic heterocycles. The number of benzene rings is 7. The van der Waals surface area contributed by atoms with Gasteiger partial charge in [0.25, 0.3) is 0 Å². The van der Waals surface area contributed by atoms with Gasteiger partial charge in [-0.3, -0.25) is 0 Å². The van der Waals surface area contributed by atoms with Gasteiger partial charge in [0, 0.05) is 41.7 Å². The zero-order valence-electron chi connectivity index (χ0n) is 26.1. The van der Waals surface area contributed by atoms with Crippen molar-refractivity contribution in [2.45, 2.75) is 0 Å². The predicted molar refractivity (Wildman–Crippen MR) is 203 cm³/mol. The van der Waals surface area contributed by atoms with Crippen LogP contribution in [0.15, 0.2) is 146 Å². The second-order valence-corrected chi connectivity index (χ2v) is 13.4. The number of nitrogens with zero attached hydrogens (tertiary/aromatic N) is 4. The van der Waals surface area contributed by atoms with E-state index in [-0.39, 0.29) is 0 Å². The molecule has 0 aliphatic heterocycles. The molecule has 0 spiro atoms. The molecule has 3 heterocycles. The molecule has 0 bridgehead atoms. The van der Waals surface area contributed by atoms with E-state index in [0.717, 1.165) is 55.3 Å². The number of aromatic nitrogens is 2. The van der Waals surface area contributed by atoms with E-state index >= 15 is 0 Å². The summed E-state index contributed by atoms with van der Waals surface area (Å²) in [6.07, 6.45) is 0. The SMILES string of the molecule is N#Cc1cc(-c2ccc(-n3c4ccccc4c4c5c(ccc43)sc3ccccc35)c(C#N)c2)ccc1-n1c2ccccc2c2ccccc21. The molecule has 7 aromatic carbocycles. The molecule has 4 nitrogen and oxygen atoms in total. The maximum absolute atomic E-state index is 10.6. The summed E-state index contributed by atoms with van der Waals surface area (Å²) < 4.78 is 6.92. The largest absolute Gasteiger partial charge is 0.308 e. The van der Waals surface area contributed by atoms with E-state index in [0.29, 0.717) is 11.1 Å². The lowest BCUT2D eigenvalue weighted by Gasteiger charge is -2.14. The molecule has 0 amide bonds. The van der Waals surface area contributed by atoms with Gasteiger partial charge in [-0.25, -0.2) is 0 Å². The second-order valence-electron chi connectivity index (χ2n) is 12.3. The molecule has 49 heavy (non-hydrogen) atoms. The summed E-state index contributed by atoms with van der Waals surface area (Å²) in [4.78, 5) is 0. The topological polar surface area (TPSA) is 57.4 Å². The summed E-state index contributed by atoms with van der Waals surface area (Å²) in [6.45, 7) is 0. The lowest BCUT2D eigenvalue weighted by Crippen LogP contribution is -1.99. The van der Waals surface area contributed by atoms with Crippen LogP contribution in [0.2, 0.25) is 0 Å². The van der Waals surface area contributed by atoms with Crippen molar-refractivity contribution in [2.75, 3.05) is 0 Å². The highest BCUT2D eigenvalue weighted by atomic mass is 32.1. The first-order chi connectivity index (χ1) is 24.2.